The number of nitrogens with two attached hydrogens (primary N) is 1. The Morgan fingerprint density at radius 1 is 1.47 bits per heavy atom. The van der Waals surface area contributed by atoms with E-state index in [1.807, 2.05) is 13.8 Å². The quantitative estimate of drug-likeness (QED) is 0.886. The van der Waals surface area contributed by atoms with Crippen molar-refractivity contribution in [3.8, 4) is 0 Å². The van der Waals surface area contributed by atoms with Gasteiger partial charge >= 0.3 is 0 Å². The minimum Gasteiger partial charge on any atom is -0.323 e. The van der Waals surface area contributed by atoms with Gasteiger partial charge in [-0.2, -0.15) is 0 Å². The van der Waals surface area contributed by atoms with Crippen molar-refractivity contribution in [2.24, 2.45) is 5.73 Å². The smallest absolute Gasteiger partial charge is 0.128 e. The maximum atomic E-state index is 13.4. The first-order chi connectivity index (χ1) is 7.00. The molecule has 0 aromatic heterocycles. The summed E-state index contributed by atoms with van der Waals surface area (Å²) in [4.78, 5) is 0. The van der Waals surface area contributed by atoms with Gasteiger partial charge in [0.25, 0.3) is 0 Å². The maximum absolute atomic E-state index is 13.4. The average molecular weight is 275 g/mol. The lowest BCUT2D eigenvalue weighted by atomic mass is 10.1. The SMILES string of the molecule is CC(C)NCC(N)c1cc(Br)ccc1F. The van der Waals surface area contributed by atoms with Crippen molar-refractivity contribution < 1.29 is 4.39 Å². The first-order valence-corrected chi connectivity index (χ1v) is 5.74. The molecule has 0 saturated heterocycles. The molecule has 0 fully saturated rings. The summed E-state index contributed by atoms with van der Waals surface area (Å²) >= 11 is 3.30. The molecule has 0 aliphatic rings. The van der Waals surface area contributed by atoms with Gasteiger partial charge in [-0.3, -0.25) is 0 Å². The van der Waals surface area contributed by atoms with E-state index in [1.54, 1.807) is 12.1 Å². The number of hydrogen-bond donors (Lipinski definition) is 2. The zero-order chi connectivity index (χ0) is 11.4. The van der Waals surface area contributed by atoms with Gasteiger partial charge in [-0.25, -0.2) is 4.39 Å². The third kappa shape index (κ3) is 3.89. The van der Waals surface area contributed by atoms with Crippen molar-refractivity contribution in [2.75, 3.05) is 6.54 Å². The molecule has 0 radical (unpaired) electrons. The molecule has 0 saturated carbocycles. The van der Waals surface area contributed by atoms with Crippen LogP contribution in [0.5, 0.6) is 0 Å². The summed E-state index contributed by atoms with van der Waals surface area (Å²) in [5.74, 6) is -0.253. The highest BCUT2D eigenvalue weighted by molar-refractivity contribution is 9.10. The van der Waals surface area contributed by atoms with Crippen LogP contribution in [0.1, 0.15) is 25.5 Å². The Labute approximate surface area is 98.2 Å². The Bertz CT molecular complexity index is 328. The Balaban J connectivity index is 2.72. The number of benzene rings is 1. The molecular weight excluding hydrogens is 259 g/mol. The number of halogens is 2. The van der Waals surface area contributed by atoms with Crippen molar-refractivity contribution >= 4 is 15.9 Å². The molecule has 0 heterocycles. The van der Waals surface area contributed by atoms with Gasteiger partial charge in [-0.1, -0.05) is 29.8 Å². The van der Waals surface area contributed by atoms with E-state index >= 15 is 0 Å². The predicted molar refractivity (Wildman–Crippen MR) is 64.2 cm³/mol. The van der Waals surface area contributed by atoms with E-state index in [-0.39, 0.29) is 11.9 Å². The van der Waals surface area contributed by atoms with Crippen molar-refractivity contribution in [1.29, 1.82) is 0 Å². The zero-order valence-corrected chi connectivity index (χ0v) is 10.5. The van der Waals surface area contributed by atoms with Crippen molar-refractivity contribution in [3.05, 3.63) is 34.1 Å². The first-order valence-electron chi connectivity index (χ1n) is 4.94. The Hall–Kier alpha value is -0.450. The maximum Gasteiger partial charge on any atom is 0.128 e. The minimum absolute atomic E-state index is 0.253. The Morgan fingerprint density at radius 2 is 2.13 bits per heavy atom. The average Bonchev–Trinajstić information content (AvgIpc) is 2.18. The molecule has 0 amide bonds. The second-order valence-corrected chi connectivity index (χ2v) is 4.75. The van der Waals surface area contributed by atoms with Crippen LogP contribution in [0.15, 0.2) is 22.7 Å². The molecule has 84 valence electrons. The van der Waals surface area contributed by atoms with Gasteiger partial charge in [0.15, 0.2) is 0 Å². The number of rotatable bonds is 4. The van der Waals surface area contributed by atoms with Crippen molar-refractivity contribution in [3.63, 3.8) is 0 Å². The second kappa shape index (κ2) is 5.58. The fourth-order valence-corrected chi connectivity index (χ4v) is 1.65. The standard InChI is InChI=1S/C11H16BrFN2/c1-7(2)15-6-11(14)9-5-8(12)3-4-10(9)13/h3-5,7,11,15H,6,14H2,1-2H3. The fraction of sp³-hybridized carbons (Fsp3) is 0.455. The molecule has 0 bridgehead atoms. The molecular formula is C11H16BrFN2. The van der Waals surface area contributed by atoms with Crippen LogP contribution in [-0.2, 0) is 0 Å². The summed E-state index contributed by atoms with van der Waals surface area (Å²) in [5.41, 5.74) is 6.43. The molecule has 0 aliphatic heterocycles. The lowest BCUT2D eigenvalue weighted by Gasteiger charge is -2.16. The van der Waals surface area contributed by atoms with E-state index < -0.39 is 0 Å². The fourth-order valence-electron chi connectivity index (χ4n) is 1.27. The summed E-state index contributed by atoms with van der Waals surface area (Å²) in [5, 5.41) is 3.18. The van der Waals surface area contributed by atoms with Gasteiger partial charge in [0.2, 0.25) is 0 Å². The van der Waals surface area contributed by atoms with E-state index in [0.29, 0.717) is 18.2 Å². The number of hydrogen-bond acceptors (Lipinski definition) is 2. The zero-order valence-electron chi connectivity index (χ0n) is 8.93. The van der Waals surface area contributed by atoms with Gasteiger partial charge in [0.1, 0.15) is 5.82 Å². The van der Waals surface area contributed by atoms with Gasteiger partial charge in [-0.15, -0.1) is 0 Å². The van der Waals surface area contributed by atoms with Gasteiger partial charge in [0, 0.05) is 28.7 Å². The topological polar surface area (TPSA) is 38.0 Å². The molecule has 1 aromatic carbocycles. The van der Waals surface area contributed by atoms with Crippen LogP contribution in [0.25, 0.3) is 0 Å². The Kier molecular flexibility index (Phi) is 4.70. The molecule has 4 heteroatoms. The van der Waals surface area contributed by atoms with Crippen LogP contribution in [0.2, 0.25) is 0 Å². The highest BCUT2D eigenvalue weighted by Crippen LogP contribution is 2.20. The molecule has 1 atom stereocenters. The minimum atomic E-state index is -0.315. The molecule has 3 N–H and O–H groups in total. The summed E-state index contributed by atoms with van der Waals surface area (Å²) in [6.45, 7) is 4.64. The summed E-state index contributed by atoms with van der Waals surface area (Å²) in [7, 11) is 0. The molecule has 15 heavy (non-hydrogen) atoms. The van der Waals surface area contributed by atoms with Gasteiger partial charge in [0.05, 0.1) is 0 Å². The van der Waals surface area contributed by atoms with E-state index in [0.717, 1.165) is 4.47 Å². The van der Waals surface area contributed by atoms with Crippen molar-refractivity contribution in [1.82, 2.24) is 5.32 Å². The molecule has 0 aliphatic carbocycles. The monoisotopic (exact) mass is 274 g/mol. The van der Waals surface area contributed by atoms with Crippen LogP contribution in [0.4, 0.5) is 4.39 Å². The highest BCUT2D eigenvalue weighted by Gasteiger charge is 2.11. The molecule has 2 nitrogen and oxygen atoms in total. The predicted octanol–water partition coefficient (Wildman–Crippen LogP) is 2.59. The normalized spacial score (nSPS) is 13.2. The molecule has 0 spiro atoms. The lowest BCUT2D eigenvalue weighted by molar-refractivity contribution is 0.515. The lowest BCUT2D eigenvalue weighted by Crippen LogP contribution is -2.32. The van der Waals surface area contributed by atoms with E-state index in [2.05, 4.69) is 21.2 Å². The van der Waals surface area contributed by atoms with E-state index in [1.165, 1.54) is 6.07 Å². The van der Waals surface area contributed by atoms with E-state index in [4.69, 9.17) is 5.73 Å². The van der Waals surface area contributed by atoms with Gasteiger partial charge < -0.3 is 11.1 Å². The highest BCUT2D eigenvalue weighted by atomic mass is 79.9. The largest absolute Gasteiger partial charge is 0.323 e. The van der Waals surface area contributed by atoms with Crippen LogP contribution >= 0.6 is 15.9 Å². The van der Waals surface area contributed by atoms with E-state index in [9.17, 15) is 4.39 Å². The first kappa shape index (κ1) is 12.6. The summed E-state index contributed by atoms with van der Waals surface area (Å²) in [6, 6.07) is 4.86. The third-order valence-corrected chi connectivity index (χ3v) is 2.60. The second-order valence-electron chi connectivity index (χ2n) is 3.84. The van der Waals surface area contributed by atoms with Crippen LogP contribution < -0.4 is 11.1 Å². The molecule has 1 unspecified atom stereocenters. The van der Waals surface area contributed by atoms with Crippen LogP contribution in [0.3, 0.4) is 0 Å². The summed E-state index contributed by atoms with van der Waals surface area (Å²) in [6.07, 6.45) is 0. The number of nitrogens with one attached hydrogen (secondary N) is 1. The van der Waals surface area contributed by atoms with Crippen LogP contribution in [-0.4, -0.2) is 12.6 Å². The molecule has 1 aromatic rings. The third-order valence-electron chi connectivity index (χ3n) is 2.10. The summed E-state index contributed by atoms with van der Waals surface area (Å²) < 4.78 is 14.3. The molecule has 1 rings (SSSR count). The Morgan fingerprint density at radius 3 is 2.73 bits per heavy atom. The van der Waals surface area contributed by atoms with Gasteiger partial charge in [-0.05, 0) is 18.2 Å². The van der Waals surface area contributed by atoms with Crippen molar-refractivity contribution in [2.45, 2.75) is 25.9 Å². The van der Waals surface area contributed by atoms with Crippen LogP contribution in [0, 0.1) is 5.82 Å².